The predicted molar refractivity (Wildman–Crippen MR) is 65.6 cm³/mol. The summed E-state index contributed by atoms with van der Waals surface area (Å²) in [7, 11) is 0. The summed E-state index contributed by atoms with van der Waals surface area (Å²) in [5, 5.41) is 11.5. The van der Waals surface area contributed by atoms with Gasteiger partial charge in [-0.25, -0.2) is 0 Å². The van der Waals surface area contributed by atoms with Crippen LogP contribution in [0.4, 0.5) is 0 Å². The highest BCUT2D eigenvalue weighted by molar-refractivity contribution is 5.77. The van der Waals surface area contributed by atoms with Crippen LogP contribution in [0.15, 0.2) is 0 Å². The Morgan fingerprint density at radius 3 is 2.59 bits per heavy atom. The first-order chi connectivity index (χ1) is 8.00. The molecule has 0 saturated heterocycles. The van der Waals surface area contributed by atoms with E-state index in [1.165, 1.54) is 12.8 Å². The second kappa shape index (κ2) is 6.62. The second-order valence-electron chi connectivity index (χ2n) is 5.19. The van der Waals surface area contributed by atoms with E-state index in [1.54, 1.807) is 0 Å². The SMILES string of the molecule is C[C@@H]1[C@H](C)CCC[C@H]1NC(=O)CCCC(=O)O. The van der Waals surface area contributed by atoms with E-state index in [2.05, 4.69) is 19.2 Å². The fourth-order valence-corrected chi connectivity index (χ4v) is 2.46. The van der Waals surface area contributed by atoms with Crippen LogP contribution in [0.25, 0.3) is 0 Å². The van der Waals surface area contributed by atoms with Crippen molar-refractivity contribution in [3.8, 4) is 0 Å². The third-order valence-electron chi connectivity index (χ3n) is 3.85. The van der Waals surface area contributed by atoms with Gasteiger partial charge in [0.2, 0.25) is 5.91 Å². The molecule has 0 aromatic rings. The summed E-state index contributed by atoms with van der Waals surface area (Å²) < 4.78 is 0. The molecule has 1 rings (SSSR count). The molecule has 0 radical (unpaired) electrons. The Labute approximate surface area is 103 Å². The molecule has 1 aliphatic rings. The summed E-state index contributed by atoms with van der Waals surface area (Å²) in [5.41, 5.74) is 0. The molecule has 0 bridgehead atoms. The molecule has 4 heteroatoms. The van der Waals surface area contributed by atoms with Gasteiger partial charge in [-0.15, -0.1) is 0 Å². The number of carboxylic acids is 1. The fraction of sp³-hybridized carbons (Fsp3) is 0.846. The number of rotatable bonds is 5. The molecule has 1 fully saturated rings. The Balaban J connectivity index is 2.27. The van der Waals surface area contributed by atoms with Crippen LogP contribution < -0.4 is 5.32 Å². The molecule has 1 amide bonds. The van der Waals surface area contributed by atoms with Gasteiger partial charge in [0.15, 0.2) is 0 Å². The monoisotopic (exact) mass is 241 g/mol. The summed E-state index contributed by atoms with van der Waals surface area (Å²) in [6.07, 6.45) is 4.29. The van der Waals surface area contributed by atoms with E-state index in [1.807, 2.05) is 0 Å². The third-order valence-corrected chi connectivity index (χ3v) is 3.85. The highest BCUT2D eigenvalue weighted by atomic mass is 16.4. The first kappa shape index (κ1) is 14.0. The Bertz CT molecular complexity index is 278. The summed E-state index contributed by atoms with van der Waals surface area (Å²) in [5.74, 6) is 0.343. The predicted octanol–water partition coefficient (Wildman–Crippen LogP) is 2.18. The maximum absolute atomic E-state index is 11.6. The number of amides is 1. The van der Waals surface area contributed by atoms with Gasteiger partial charge in [0, 0.05) is 18.9 Å². The first-order valence-electron chi connectivity index (χ1n) is 6.52. The molecule has 1 aliphatic carbocycles. The average molecular weight is 241 g/mol. The van der Waals surface area contributed by atoms with Gasteiger partial charge in [-0.2, -0.15) is 0 Å². The molecule has 17 heavy (non-hydrogen) atoms. The van der Waals surface area contributed by atoms with Crippen molar-refractivity contribution in [1.29, 1.82) is 0 Å². The molecule has 3 atom stereocenters. The highest BCUT2D eigenvalue weighted by Crippen LogP contribution is 2.29. The summed E-state index contributed by atoms with van der Waals surface area (Å²) in [6.45, 7) is 4.42. The summed E-state index contributed by atoms with van der Waals surface area (Å²) in [6, 6.07) is 0.274. The molecule has 0 unspecified atom stereocenters. The van der Waals surface area contributed by atoms with E-state index < -0.39 is 5.97 Å². The Morgan fingerprint density at radius 1 is 1.24 bits per heavy atom. The van der Waals surface area contributed by atoms with Crippen LogP contribution in [0.2, 0.25) is 0 Å². The molecule has 1 saturated carbocycles. The summed E-state index contributed by atoms with van der Waals surface area (Å²) >= 11 is 0. The van der Waals surface area contributed by atoms with Gasteiger partial charge in [0.1, 0.15) is 0 Å². The van der Waals surface area contributed by atoms with E-state index >= 15 is 0 Å². The van der Waals surface area contributed by atoms with Crippen LogP contribution in [-0.2, 0) is 9.59 Å². The van der Waals surface area contributed by atoms with Crippen molar-refractivity contribution >= 4 is 11.9 Å². The molecular formula is C13H23NO3. The fourth-order valence-electron chi connectivity index (χ4n) is 2.46. The molecule has 0 spiro atoms. The van der Waals surface area contributed by atoms with Crippen LogP contribution in [0.1, 0.15) is 52.4 Å². The standard InChI is InChI=1S/C13H23NO3/c1-9-5-3-6-11(10(9)2)14-12(15)7-4-8-13(16)17/h9-11H,3-8H2,1-2H3,(H,14,15)(H,16,17)/t9-,10-,11-/m1/s1. The minimum Gasteiger partial charge on any atom is -0.481 e. The molecule has 0 aromatic carbocycles. The van der Waals surface area contributed by atoms with Crippen molar-refractivity contribution in [2.24, 2.45) is 11.8 Å². The van der Waals surface area contributed by atoms with Gasteiger partial charge < -0.3 is 10.4 Å². The van der Waals surface area contributed by atoms with E-state index in [0.29, 0.717) is 24.7 Å². The number of carbonyl (C=O) groups excluding carboxylic acids is 1. The lowest BCUT2D eigenvalue weighted by atomic mass is 9.78. The van der Waals surface area contributed by atoms with Crippen molar-refractivity contribution in [2.45, 2.75) is 58.4 Å². The normalized spacial score (nSPS) is 28.7. The molecule has 0 aliphatic heterocycles. The zero-order valence-corrected chi connectivity index (χ0v) is 10.7. The maximum Gasteiger partial charge on any atom is 0.303 e. The number of hydrogen-bond donors (Lipinski definition) is 2. The van der Waals surface area contributed by atoms with Crippen molar-refractivity contribution in [3.63, 3.8) is 0 Å². The topological polar surface area (TPSA) is 66.4 Å². The van der Waals surface area contributed by atoms with Crippen LogP contribution in [0.5, 0.6) is 0 Å². The maximum atomic E-state index is 11.6. The number of carbonyl (C=O) groups is 2. The van der Waals surface area contributed by atoms with Crippen LogP contribution in [0, 0.1) is 11.8 Å². The highest BCUT2D eigenvalue weighted by Gasteiger charge is 2.27. The van der Waals surface area contributed by atoms with Crippen LogP contribution in [-0.4, -0.2) is 23.0 Å². The Hall–Kier alpha value is -1.06. The van der Waals surface area contributed by atoms with E-state index in [4.69, 9.17) is 5.11 Å². The van der Waals surface area contributed by atoms with E-state index in [0.717, 1.165) is 6.42 Å². The zero-order chi connectivity index (χ0) is 12.8. The van der Waals surface area contributed by atoms with Crippen molar-refractivity contribution in [2.75, 3.05) is 0 Å². The van der Waals surface area contributed by atoms with Crippen molar-refractivity contribution < 1.29 is 14.7 Å². The number of carboxylic acid groups (broad SMARTS) is 1. The molecular weight excluding hydrogens is 218 g/mol. The lowest BCUT2D eigenvalue weighted by molar-refractivity contribution is -0.137. The van der Waals surface area contributed by atoms with Gasteiger partial charge in [-0.3, -0.25) is 9.59 Å². The third kappa shape index (κ3) is 4.75. The lowest BCUT2D eigenvalue weighted by Crippen LogP contribution is -2.43. The number of hydrogen-bond acceptors (Lipinski definition) is 2. The van der Waals surface area contributed by atoms with Gasteiger partial charge in [0.25, 0.3) is 0 Å². The van der Waals surface area contributed by atoms with Crippen LogP contribution in [0.3, 0.4) is 0 Å². The minimum absolute atomic E-state index is 0.00259. The molecule has 4 nitrogen and oxygen atoms in total. The van der Waals surface area contributed by atoms with Crippen LogP contribution >= 0.6 is 0 Å². The minimum atomic E-state index is -0.836. The largest absolute Gasteiger partial charge is 0.481 e. The number of nitrogens with one attached hydrogen (secondary N) is 1. The molecule has 0 heterocycles. The van der Waals surface area contributed by atoms with Crippen molar-refractivity contribution in [1.82, 2.24) is 5.32 Å². The molecule has 98 valence electrons. The first-order valence-corrected chi connectivity index (χ1v) is 6.52. The molecule has 0 aromatic heterocycles. The van der Waals surface area contributed by atoms with E-state index in [-0.39, 0.29) is 18.4 Å². The summed E-state index contributed by atoms with van der Waals surface area (Å²) in [4.78, 5) is 22.0. The number of aliphatic carboxylic acids is 1. The van der Waals surface area contributed by atoms with Gasteiger partial charge >= 0.3 is 5.97 Å². The lowest BCUT2D eigenvalue weighted by Gasteiger charge is -2.34. The smallest absolute Gasteiger partial charge is 0.303 e. The van der Waals surface area contributed by atoms with Gasteiger partial charge in [-0.1, -0.05) is 26.7 Å². The van der Waals surface area contributed by atoms with Gasteiger partial charge in [-0.05, 0) is 24.7 Å². The quantitative estimate of drug-likeness (QED) is 0.775. The van der Waals surface area contributed by atoms with Gasteiger partial charge in [0.05, 0.1) is 0 Å². The van der Waals surface area contributed by atoms with E-state index in [9.17, 15) is 9.59 Å². The van der Waals surface area contributed by atoms with Crippen molar-refractivity contribution in [3.05, 3.63) is 0 Å². The Kier molecular flexibility index (Phi) is 5.45. The average Bonchev–Trinajstić information content (AvgIpc) is 2.24. The molecule has 2 N–H and O–H groups in total. The zero-order valence-electron chi connectivity index (χ0n) is 10.7. The second-order valence-corrected chi connectivity index (χ2v) is 5.19. The Morgan fingerprint density at radius 2 is 1.94 bits per heavy atom.